The molecule has 3 aromatic carbocycles. The highest BCUT2D eigenvalue weighted by atomic mass is 35.5. The van der Waals surface area contributed by atoms with Gasteiger partial charge in [0.1, 0.15) is 0 Å². The molecule has 2 nitrogen and oxygen atoms in total. The number of halogens is 4. The molecule has 0 saturated heterocycles. The average molecular weight is 405 g/mol. The molecule has 136 valence electrons. The van der Waals surface area contributed by atoms with Gasteiger partial charge in [-0.15, -0.1) is 0 Å². The number of hydrogen-bond acceptors (Lipinski definition) is 3. The highest BCUT2D eigenvalue weighted by Gasteiger charge is 2.38. The monoisotopic (exact) mass is 404 g/mol. The number of alkyl halides is 3. The normalized spacial score (nSPS) is 11.7. The van der Waals surface area contributed by atoms with Crippen molar-refractivity contribution >= 4 is 44.5 Å². The van der Waals surface area contributed by atoms with Crippen LogP contribution < -0.4 is 5.32 Å². The van der Waals surface area contributed by atoms with Crippen LogP contribution in [0, 0.1) is 0 Å². The van der Waals surface area contributed by atoms with Gasteiger partial charge in [-0.1, -0.05) is 65.4 Å². The Labute approximate surface area is 162 Å². The van der Waals surface area contributed by atoms with Gasteiger partial charge >= 0.3 is 6.18 Å². The van der Waals surface area contributed by atoms with E-state index < -0.39 is 11.9 Å². The molecule has 27 heavy (non-hydrogen) atoms. The molecule has 4 aromatic rings. The number of fused-ring (bicyclic) bond motifs is 1. The number of benzene rings is 3. The van der Waals surface area contributed by atoms with Gasteiger partial charge < -0.3 is 5.32 Å². The minimum Gasteiger partial charge on any atom is -0.332 e. The van der Waals surface area contributed by atoms with E-state index in [9.17, 15) is 13.2 Å². The third-order valence-electron chi connectivity index (χ3n) is 3.98. The Bertz CT molecular complexity index is 1120. The molecule has 1 N–H and O–H groups in total. The minimum atomic E-state index is -4.56. The maximum atomic E-state index is 13.5. The van der Waals surface area contributed by atoms with E-state index in [-0.39, 0.29) is 10.0 Å². The smallest absolute Gasteiger partial charge is 0.332 e. The van der Waals surface area contributed by atoms with Gasteiger partial charge in [-0.05, 0) is 40.6 Å². The third kappa shape index (κ3) is 3.77. The van der Waals surface area contributed by atoms with Crippen LogP contribution >= 0.6 is 22.9 Å². The largest absolute Gasteiger partial charge is 0.434 e. The molecule has 0 aliphatic carbocycles. The van der Waals surface area contributed by atoms with Gasteiger partial charge in [0.05, 0.1) is 4.88 Å². The number of thiazole rings is 1. The van der Waals surface area contributed by atoms with E-state index in [2.05, 4.69) is 10.3 Å². The van der Waals surface area contributed by atoms with Crippen LogP contribution in [0.25, 0.3) is 21.2 Å². The first-order valence-corrected chi connectivity index (χ1v) is 9.19. The third-order valence-corrected chi connectivity index (χ3v) is 5.24. The molecule has 0 spiro atoms. The molecule has 0 fully saturated rings. The zero-order valence-electron chi connectivity index (χ0n) is 13.7. The van der Waals surface area contributed by atoms with Crippen molar-refractivity contribution in [2.45, 2.75) is 6.18 Å². The summed E-state index contributed by atoms with van der Waals surface area (Å²) in [5.74, 6) is 0. The molecule has 4 rings (SSSR count). The van der Waals surface area contributed by atoms with Crippen LogP contribution in [0.4, 0.5) is 24.0 Å². The van der Waals surface area contributed by atoms with Crippen LogP contribution in [-0.4, -0.2) is 4.98 Å². The quantitative estimate of drug-likeness (QED) is 0.385. The fourth-order valence-electron chi connectivity index (χ4n) is 2.78. The molecule has 0 aliphatic heterocycles. The van der Waals surface area contributed by atoms with Gasteiger partial charge in [-0.2, -0.15) is 13.2 Å². The second-order valence-electron chi connectivity index (χ2n) is 5.89. The summed E-state index contributed by atoms with van der Waals surface area (Å²) >= 11 is 6.89. The molecular formula is C20H12ClF3N2S. The fraction of sp³-hybridized carbons (Fsp3) is 0.0500. The molecule has 0 unspecified atom stereocenters. The molecule has 0 aliphatic rings. The van der Waals surface area contributed by atoms with Crippen LogP contribution in [0.2, 0.25) is 5.02 Å². The molecule has 1 aromatic heterocycles. The Kier molecular flexibility index (Phi) is 4.53. The molecule has 7 heteroatoms. The Morgan fingerprint density at radius 2 is 1.67 bits per heavy atom. The van der Waals surface area contributed by atoms with Crippen LogP contribution in [0.15, 0.2) is 66.7 Å². The summed E-state index contributed by atoms with van der Waals surface area (Å²) < 4.78 is 40.4. The van der Waals surface area contributed by atoms with Crippen molar-refractivity contribution in [2.75, 3.05) is 5.32 Å². The number of nitrogens with zero attached hydrogens (tertiary/aromatic N) is 1. The van der Waals surface area contributed by atoms with Gasteiger partial charge in [-0.3, -0.25) is 0 Å². The van der Waals surface area contributed by atoms with Crippen molar-refractivity contribution in [2.24, 2.45) is 0 Å². The molecule has 0 saturated carbocycles. The Hall–Kier alpha value is -2.57. The Balaban J connectivity index is 1.74. The van der Waals surface area contributed by atoms with E-state index in [1.54, 1.807) is 18.2 Å². The second kappa shape index (κ2) is 6.87. The predicted molar refractivity (Wildman–Crippen MR) is 105 cm³/mol. The summed E-state index contributed by atoms with van der Waals surface area (Å²) in [6.07, 6.45) is -4.56. The van der Waals surface area contributed by atoms with E-state index in [0.29, 0.717) is 16.3 Å². The van der Waals surface area contributed by atoms with E-state index >= 15 is 0 Å². The van der Waals surface area contributed by atoms with Crippen molar-refractivity contribution in [3.63, 3.8) is 0 Å². The first kappa shape index (κ1) is 17.8. The summed E-state index contributed by atoms with van der Waals surface area (Å²) in [4.78, 5) is 3.84. The first-order chi connectivity index (χ1) is 12.9. The van der Waals surface area contributed by atoms with Gasteiger partial charge in [0.25, 0.3) is 0 Å². The lowest BCUT2D eigenvalue weighted by Gasteiger charge is -2.06. The van der Waals surface area contributed by atoms with E-state index in [0.717, 1.165) is 22.1 Å². The molecule has 1 heterocycles. The lowest BCUT2D eigenvalue weighted by atomic mass is 10.1. The number of rotatable bonds is 3. The number of hydrogen-bond donors (Lipinski definition) is 1. The van der Waals surface area contributed by atoms with Crippen LogP contribution in [0.1, 0.15) is 5.69 Å². The molecule has 0 atom stereocenters. The van der Waals surface area contributed by atoms with E-state index in [4.69, 9.17) is 11.6 Å². The van der Waals surface area contributed by atoms with Gasteiger partial charge in [0.15, 0.2) is 10.8 Å². The van der Waals surface area contributed by atoms with Crippen LogP contribution in [0.5, 0.6) is 0 Å². The van der Waals surface area contributed by atoms with E-state index in [1.807, 2.05) is 42.5 Å². The van der Waals surface area contributed by atoms with E-state index in [1.165, 1.54) is 6.07 Å². The second-order valence-corrected chi connectivity index (χ2v) is 7.33. The highest BCUT2D eigenvalue weighted by molar-refractivity contribution is 7.19. The Morgan fingerprint density at radius 3 is 2.41 bits per heavy atom. The zero-order chi connectivity index (χ0) is 19.0. The first-order valence-electron chi connectivity index (χ1n) is 8.00. The minimum absolute atomic E-state index is 0.0355. The molecule has 0 amide bonds. The predicted octanol–water partition coefficient (Wildman–Crippen LogP) is 7.38. The summed E-state index contributed by atoms with van der Waals surface area (Å²) in [6.45, 7) is 0. The van der Waals surface area contributed by atoms with Crippen LogP contribution in [0.3, 0.4) is 0 Å². The van der Waals surface area contributed by atoms with Crippen molar-refractivity contribution in [1.82, 2.24) is 4.98 Å². The fourth-order valence-corrected chi connectivity index (χ4v) is 3.97. The van der Waals surface area contributed by atoms with Gasteiger partial charge in [-0.25, -0.2) is 4.98 Å². The summed E-state index contributed by atoms with van der Waals surface area (Å²) in [6, 6.07) is 19.7. The van der Waals surface area contributed by atoms with Crippen molar-refractivity contribution in [3.8, 4) is 10.4 Å². The molecule has 0 bridgehead atoms. The highest BCUT2D eigenvalue weighted by Crippen LogP contribution is 2.43. The number of anilines is 2. The zero-order valence-corrected chi connectivity index (χ0v) is 15.3. The number of nitrogens with one attached hydrogen (secondary N) is 1. The maximum absolute atomic E-state index is 13.5. The summed E-state index contributed by atoms with van der Waals surface area (Å²) in [5, 5.41) is 5.58. The standard InChI is InChI=1S/C20H12ClF3N2S/c21-15-7-3-6-14(10-15)17-18(20(22,23)24)26-19(27-17)25-16-9-8-12-4-1-2-5-13(12)11-16/h1-11H,(H,25,26). The van der Waals surface area contributed by atoms with Crippen LogP contribution in [-0.2, 0) is 6.18 Å². The Morgan fingerprint density at radius 1 is 0.889 bits per heavy atom. The molecular weight excluding hydrogens is 393 g/mol. The summed E-state index contributed by atoms with van der Waals surface area (Å²) in [7, 11) is 0. The van der Waals surface area contributed by atoms with Crippen molar-refractivity contribution in [3.05, 3.63) is 77.4 Å². The lowest BCUT2D eigenvalue weighted by Crippen LogP contribution is -2.07. The molecule has 0 radical (unpaired) electrons. The van der Waals surface area contributed by atoms with Crippen molar-refractivity contribution in [1.29, 1.82) is 0 Å². The number of aromatic nitrogens is 1. The maximum Gasteiger partial charge on any atom is 0.434 e. The van der Waals surface area contributed by atoms with Crippen molar-refractivity contribution < 1.29 is 13.2 Å². The summed E-state index contributed by atoms with van der Waals surface area (Å²) in [5.41, 5.74) is 0.144. The van der Waals surface area contributed by atoms with Gasteiger partial charge in [0.2, 0.25) is 0 Å². The lowest BCUT2D eigenvalue weighted by molar-refractivity contribution is -0.140. The topological polar surface area (TPSA) is 24.9 Å². The average Bonchev–Trinajstić information content (AvgIpc) is 3.06. The van der Waals surface area contributed by atoms with Gasteiger partial charge in [0, 0.05) is 10.7 Å². The SMILES string of the molecule is FC(F)(F)c1nc(Nc2ccc3ccccc3c2)sc1-c1cccc(Cl)c1.